The van der Waals surface area contributed by atoms with Crippen molar-refractivity contribution in [2.24, 2.45) is 0 Å². The maximum Gasteiger partial charge on any atom is 0.124 e. The number of benzene rings is 1. The SMILES string of the molecule is C=C(Br)COc1ccc(Cl)cc1CNC1CC1. The molecule has 0 radical (unpaired) electrons. The molecule has 0 saturated heterocycles. The van der Waals surface area contributed by atoms with E-state index in [4.69, 9.17) is 16.3 Å². The monoisotopic (exact) mass is 315 g/mol. The highest BCUT2D eigenvalue weighted by Crippen LogP contribution is 2.25. The van der Waals surface area contributed by atoms with Crippen LogP contribution in [0.25, 0.3) is 0 Å². The number of rotatable bonds is 6. The van der Waals surface area contributed by atoms with Gasteiger partial charge < -0.3 is 10.1 Å². The molecule has 0 heterocycles. The van der Waals surface area contributed by atoms with E-state index in [1.54, 1.807) is 0 Å². The number of hydrogen-bond donors (Lipinski definition) is 1. The summed E-state index contributed by atoms with van der Waals surface area (Å²) in [6.45, 7) is 5.02. The minimum Gasteiger partial charge on any atom is -0.488 e. The van der Waals surface area contributed by atoms with Crippen LogP contribution in [-0.4, -0.2) is 12.6 Å². The zero-order chi connectivity index (χ0) is 12.3. The highest BCUT2D eigenvalue weighted by Gasteiger charge is 2.20. The number of halogens is 2. The lowest BCUT2D eigenvalue weighted by molar-refractivity contribution is 0.355. The summed E-state index contributed by atoms with van der Waals surface area (Å²) in [5.74, 6) is 0.864. The summed E-state index contributed by atoms with van der Waals surface area (Å²) in [5, 5.41) is 4.19. The topological polar surface area (TPSA) is 21.3 Å². The first-order valence-electron chi connectivity index (χ1n) is 5.63. The van der Waals surface area contributed by atoms with Crippen LogP contribution < -0.4 is 10.1 Å². The lowest BCUT2D eigenvalue weighted by Gasteiger charge is -2.12. The molecule has 2 rings (SSSR count). The van der Waals surface area contributed by atoms with Crippen LogP contribution in [-0.2, 0) is 6.54 Å². The van der Waals surface area contributed by atoms with Gasteiger partial charge in [0.05, 0.1) is 0 Å². The van der Waals surface area contributed by atoms with Crippen molar-refractivity contribution in [3.05, 3.63) is 39.8 Å². The molecule has 0 bridgehead atoms. The zero-order valence-corrected chi connectivity index (χ0v) is 11.9. The Morgan fingerprint density at radius 2 is 2.29 bits per heavy atom. The van der Waals surface area contributed by atoms with Crippen LogP contribution in [0.15, 0.2) is 29.3 Å². The summed E-state index contributed by atoms with van der Waals surface area (Å²) in [6, 6.07) is 6.37. The van der Waals surface area contributed by atoms with Gasteiger partial charge in [-0.15, -0.1) is 0 Å². The summed E-state index contributed by atoms with van der Waals surface area (Å²) in [5.41, 5.74) is 1.10. The Hall–Kier alpha value is -0.510. The van der Waals surface area contributed by atoms with Crippen molar-refractivity contribution in [2.75, 3.05) is 6.61 Å². The molecule has 1 aliphatic rings. The van der Waals surface area contributed by atoms with Gasteiger partial charge in [0, 0.05) is 27.7 Å². The molecule has 0 aromatic heterocycles. The van der Waals surface area contributed by atoms with Crippen molar-refractivity contribution in [1.29, 1.82) is 0 Å². The van der Waals surface area contributed by atoms with E-state index in [9.17, 15) is 0 Å². The van der Waals surface area contributed by atoms with Crippen LogP contribution in [0, 0.1) is 0 Å². The van der Waals surface area contributed by atoms with Gasteiger partial charge in [-0.3, -0.25) is 0 Å². The molecule has 0 unspecified atom stereocenters. The Labute approximate surface area is 115 Å². The standard InChI is InChI=1S/C13H15BrClNO/c1-9(14)8-17-13-5-2-11(15)6-10(13)7-16-12-3-4-12/h2,5-6,12,16H,1,3-4,7-8H2. The Morgan fingerprint density at radius 1 is 1.53 bits per heavy atom. The molecule has 0 aliphatic heterocycles. The van der Waals surface area contributed by atoms with Crippen LogP contribution in [0.1, 0.15) is 18.4 Å². The fraction of sp³-hybridized carbons (Fsp3) is 0.385. The smallest absolute Gasteiger partial charge is 0.124 e. The third-order valence-corrected chi connectivity index (χ3v) is 3.03. The van der Waals surface area contributed by atoms with Crippen LogP contribution in [0.2, 0.25) is 5.02 Å². The molecular formula is C13H15BrClNO. The first kappa shape index (κ1) is 12.9. The van der Waals surface area contributed by atoms with E-state index in [1.807, 2.05) is 18.2 Å². The van der Waals surface area contributed by atoms with Crippen molar-refractivity contribution in [2.45, 2.75) is 25.4 Å². The van der Waals surface area contributed by atoms with E-state index >= 15 is 0 Å². The molecule has 1 fully saturated rings. The third kappa shape index (κ3) is 4.34. The summed E-state index contributed by atoms with van der Waals surface area (Å²) >= 11 is 9.28. The lowest BCUT2D eigenvalue weighted by Crippen LogP contribution is -2.16. The van der Waals surface area contributed by atoms with Crippen molar-refractivity contribution in [1.82, 2.24) is 5.32 Å². The molecule has 0 spiro atoms. The van der Waals surface area contributed by atoms with Crippen molar-refractivity contribution in [3.8, 4) is 5.75 Å². The van der Waals surface area contributed by atoms with E-state index in [1.165, 1.54) is 12.8 Å². The summed E-state index contributed by atoms with van der Waals surface area (Å²) in [7, 11) is 0. The lowest BCUT2D eigenvalue weighted by atomic mass is 10.2. The second-order valence-electron chi connectivity index (χ2n) is 4.21. The predicted molar refractivity (Wildman–Crippen MR) is 74.9 cm³/mol. The maximum absolute atomic E-state index is 6.00. The average Bonchev–Trinajstić information content (AvgIpc) is 3.08. The van der Waals surface area contributed by atoms with Crippen molar-refractivity contribution in [3.63, 3.8) is 0 Å². The van der Waals surface area contributed by atoms with Gasteiger partial charge in [0.15, 0.2) is 0 Å². The third-order valence-electron chi connectivity index (χ3n) is 2.57. The highest BCUT2D eigenvalue weighted by molar-refractivity contribution is 9.11. The fourth-order valence-electron chi connectivity index (χ4n) is 1.52. The van der Waals surface area contributed by atoms with E-state index < -0.39 is 0 Å². The molecule has 4 heteroatoms. The summed E-state index contributed by atoms with van der Waals surface area (Å²) < 4.78 is 6.49. The molecule has 1 aromatic rings. The second kappa shape index (κ2) is 5.89. The first-order valence-corrected chi connectivity index (χ1v) is 6.80. The maximum atomic E-state index is 6.00. The average molecular weight is 317 g/mol. The van der Waals surface area contributed by atoms with E-state index in [0.29, 0.717) is 12.6 Å². The van der Waals surface area contributed by atoms with Gasteiger partial charge in [0.25, 0.3) is 0 Å². The molecule has 1 saturated carbocycles. The Morgan fingerprint density at radius 3 is 2.94 bits per heavy atom. The Bertz CT molecular complexity index is 418. The minimum atomic E-state index is 0.470. The molecule has 0 amide bonds. The molecule has 1 aromatic carbocycles. The van der Waals surface area contributed by atoms with Crippen LogP contribution in [0.3, 0.4) is 0 Å². The van der Waals surface area contributed by atoms with E-state index in [0.717, 1.165) is 27.4 Å². The molecule has 17 heavy (non-hydrogen) atoms. The van der Waals surface area contributed by atoms with Crippen LogP contribution >= 0.6 is 27.5 Å². The van der Waals surface area contributed by atoms with E-state index in [2.05, 4.69) is 27.8 Å². The largest absolute Gasteiger partial charge is 0.488 e. The van der Waals surface area contributed by atoms with Gasteiger partial charge in [-0.1, -0.05) is 34.1 Å². The van der Waals surface area contributed by atoms with Crippen molar-refractivity contribution >= 4 is 27.5 Å². The number of hydrogen-bond acceptors (Lipinski definition) is 2. The van der Waals surface area contributed by atoms with Gasteiger partial charge in [-0.2, -0.15) is 0 Å². The van der Waals surface area contributed by atoms with Gasteiger partial charge in [-0.25, -0.2) is 0 Å². The minimum absolute atomic E-state index is 0.470. The van der Waals surface area contributed by atoms with Crippen LogP contribution in [0.4, 0.5) is 0 Å². The molecule has 92 valence electrons. The molecule has 1 N–H and O–H groups in total. The number of nitrogens with one attached hydrogen (secondary N) is 1. The van der Waals surface area contributed by atoms with Gasteiger partial charge in [0.1, 0.15) is 12.4 Å². The van der Waals surface area contributed by atoms with Crippen molar-refractivity contribution < 1.29 is 4.74 Å². The van der Waals surface area contributed by atoms with Gasteiger partial charge in [0.2, 0.25) is 0 Å². The summed E-state index contributed by atoms with van der Waals surface area (Å²) in [6.07, 6.45) is 2.55. The van der Waals surface area contributed by atoms with Gasteiger partial charge >= 0.3 is 0 Å². The van der Waals surface area contributed by atoms with Gasteiger partial charge in [-0.05, 0) is 31.0 Å². The predicted octanol–water partition coefficient (Wildman–Crippen LogP) is 3.88. The Balaban J connectivity index is 2.02. The van der Waals surface area contributed by atoms with E-state index in [-0.39, 0.29) is 0 Å². The normalized spacial score (nSPS) is 14.7. The highest BCUT2D eigenvalue weighted by atomic mass is 79.9. The first-order chi connectivity index (χ1) is 8.15. The second-order valence-corrected chi connectivity index (χ2v) is 5.77. The summed E-state index contributed by atoms with van der Waals surface area (Å²) in [4.78, 5) is 0. The molecule has 0 atom stereocenters. The molecule has 1 aliphatic carbocycles. The molecular weight excluding hydrogens is 302 g/mol. The number of ether oxygens (including phenoxy) is 1. The zero-order valence-electron chi connectivity index (χ0n) is 9.51. The van der Waals surface area contributed by atoms with Crippen LogP contribution in [0.5, 0.6) is 5.75 Å². The quantitative estimate of drug-likeness (QED) is 0.860. The Kier molecular flexibility index (Phi) is 4.48. The molecule has 2 nitrogen and oxygen atoms in total. The fourth-order valence-corrected chi connectivity index (χ4v) is 1.83.